The van der Waals surface area contributed by atoms with E-state index in [-0.39, 0.29) is 0 Å². The lowest BCUT2D eigenvalue weighted by molar-refractivity contribution is 0.456. The molecule has 0 aliphatic rings. The second-order valence-corrected chi connectivity index (χ2v) is 3.80. The summed E-state index contributed by atoms with van der Waals surface area (Å²) in [5, 5.41) is 3.03. The third-order valence-electron chi connectivity index (χ3n) is 2.23. The van der Waals surface area contributed by atoms with E-state index in [1.54, 1.807) is 12.4 Å². The van der Waals surface area contributed by atoms with Gasteiger partial charge in [-0.1, -0.05) is 12.1 Å². The molecule has 0 bridgehead atoms. The molecule has 4 heteroatoms. The quantitative estimate of drug-likeness (QED) is 0.873. The Morgan fingerprint density at radius 1 is 1.29 bits per heavy atom. The highest BCUT2D eigenvalue weighted by atomic mass is 16.5. The average molecular weight is 229 g/mol. The van der Waals surface area contributed by atoms with Crippen LogP contribution in [0.4, 0.5) is 0 Å². The summed E-state index contributed by atoms with van der Waals surface area (Å²) < 4.78 is 5.64. The molecule has 0 aliphatic carbocycles. The van der Waals surface area contributed by atoms with E-state index in [4.69, 9.17) is 4.74 Å². The van der Waals surface area contributed by atoms with Crippen molar-refractivity contribution in [1.29, 1.82) is 0 Å². The van der Waals surface area contributed by atoms with Crippen LogP contribution in [0.5, 0.6) is 11.6 Å². The third kappa shape index (κ3) is 3.26. The lowest BCUT2D eigenvalue weighted by Crippen LogP contribution is -2.07. The summed E-state index contributed by atoms with van der Waals surface area (Å²) in [4.78, 5) is 8.43. The Bertz CT molecular complexity index is 500. The molecular formula is C13H15N3O. The van der Waals surface area contributed by atoms with Crippen molar-refractivity contribution in [3.05, 3.63) is 47.9 Å². The van der Waals surface area contributed by atoms with Gasteiger partial charge in [-0.15, -0.1) is 0 Å². The van der Waals surface area contributed by atoms with E-state index < -0.39 is 0 Å². The van der Waals surface area contributed by atoms with E-state index in [9.17, 15) is 0 Å². The first-order valence-corrected chi connectivity index (χ1v) is 5.48. The van der Waals surface area contributed by atoms with Gasteiger partial charge in [0.25, 0.3) is 0 Å². The number of aryl methyl sites for hydroxylation is 1. The van der Waals surface area contributed by atoms with Gasteiger partial charge in [-0.25, -0.2) is 4.98 Å². The first kappa shape index (κ1) is 11.5. The van der Waals surface area contributed by atoms with Gasteiger partial charge in [0.05, 0.1) is 11.9 Å². The highest BCUT2D eigenvalue weighted by molar-refractivity contribution is 5.30. The Hall–Kier alpha value is -1.94. The maximum Gasteiger partial charge on any atom is 0.238 e. The zero-order valence-electron chi connectivity index (χ0n) is 9.97. The highest BCUT2D eigenvalue weighted by Crippen LogP contribution is 2.19. The van der Waals surface area contributed by atoms with Crippen LogP contribution in [0.25, 0.3) is 0 Å². The van der Waals surface area contributed by atoms with Crippen molar-refractivity contribution >= 4 is 0 Å². The summed E-state index contributed by atoms with van der Waals surface area (Å²) >= 11 is 0. The molecule has 0 radical (unpaired) electrons. The van der Waals surface area contributed by atoms with E-state index in [1.807, 2.05) is 38.2 Å². The molecule has 0 saturated carbocycles. The number of rotatable bonds is 4. The second-order valence-electron chi connectivity index (χ2n) is 3.80. The topological polar surface area (TPSA) is 47.0 Å². The van der Waals surface area contributed by atoms with Crippen LogP contribution >= 0.6 is 0 Å². The van der Waals surface area contributed by atoms with Crippen LogP contribution in [0.2, 0.25) is 0 Å². The van der Waals surface area contributed by atoms with Crippen molar-refractivity contribution in [2.45, 2.75) is 13.5 Å². The molecule has 0 atom stereocenters. The number of ether oxygens (including phenoxy) is 1. The zero-order valence-corrected chi connectivity index (χ0v) is 9.97. The number of nitrogens with one attached hydrogen (secondary N) is 1. The lowest BCUT2D eigenvalue weighted by Gasteiger charge is -2.06. The number of benzene rings is 1. The molecule has 88 valence electrons. The minimum Gasteiger partial charge on any atom is -0.437 e. The van der Waals surface area contributed by atoms with Crippen LogP contribution in [-0.2, 0) is 6.54 Å². The molecule has 0 saturated heterocycles. The van der Waals surface area contributed by atoms with Crippen LogP contribution in [0.15, 0.2) is 36.7 Å². The lowest BCUT2D eigenvalue weighted by atomic mass is 10.2. The fourth-order valence-corrected chi connectivity index (χ4v) is 1.50. The van der Waals surface area contributed by atoms with Crippen molar-refractivity contribution in [1.82, 2.24) is 15.3 Å². The van der Waals surface area contributed by atoms with E-state index in [2.05, 4.69) is 15.3 Å². The zero-order chi connectivity index (χ0) is 12.1. The van der Waals surface area contributed by atoms with Gasteiger partial charge >= 0.3 is 0 Å². The number of aromatic nitrogens is 2. The molecule has 0 amide bonds. The molecule has 1 aromatic heterocycles. The molecule has 1 heterocycles. The normalized spacial score (nSPS) is 10.2. The van der Waals surface area contributed by atoms with Gasteiger partial charge in [-0.05, 0) is 31.7 Å². The summed E-state index contributed by atoms with van der Waals surface area (Å²) in [5.74, 6) is 1.30. The Kier molecular flexibility index (Phi) is 3.67. The number of nitrogens with zero attached hydrogens (tertiary/aromatic N) is 2. The summed E-state index contributed by atoms with van der Waals surface area (Å²) in [6.45, 7) is 2.70. The second kappa shape index (κ2) is 5.41. The van der Waals surface area contributed by atoms with Gasteiger partial charge in [0.1, 0.15) is 5.75 Å². The minimum absolute atomic E-state index is 0.517. The van der Waals surface area contributed by atoms with E-state index in [0.29, 0.717) is 12.4 Å². The third-order valence-corrected chi connectivity index (χ3v) is 2.23. The molecule has 0 aliphatic heterocycles. The monoisotopic (exact) mass is 229 g/mol. The largest absolute Gasteiger partial charge is 0.437 e. The van der Waals surface area contributed by atoms with Gasteiger partial charge in [-0.2, -0.15) is 0 Å². The Morgan fingerprint density at radius 2 is 2.18 bits per heavy atom. The maximum atomic E-state index is 5.64. The molecule has 0 fully saturated rings. The minimum atomic E-state index is 0.517. The molecule has 1 N–H and O–H groups in total. The van der Waals surface area contributed by atoms with Crippen LogP contribution in [0.3, 0.4) is 0 Å². The van der Waals surface area contributed by atoms with Crippen molar-refractivity contribution < 1.29 is 4.74 Å². The molecule has 1 aromatic carbocycles. The van der Waals surface area contributed by atoms with Crippen molar-refractivity contribution in [3.63, 3.8) is 0 Å². The summed E-state index contributed by atoms with van der Waals surface area (Å²) in [6, 6.07) is 7.84. The number of hydrogen-bond acceptors (Lipinski definition) is 4. The fraction of sp³-hybridized carbons (Fsp3) is 0.231. The van der Waals surface area contributed by atoms with Gasteiger partial charge in [0.2, 0.25) is 5.88 Å². The van der Waals surface area contributed by atoms with Crippen LogP contribution in [0.1, 0.15) is 11.3 Å². The fourth-order valence-electron chi connectivity index (χ4n) is 1.50. The maximum absolute atomic E-state index is 5.64. The van der Waals surface area contributed by atoms with E-state index >= 15 is 0 Å². The van der Waals surface area contributed by atoms with Crippen LogP contribution < -0.4 is 10.1 Å². The van der Waals surface area contributed by atoms with E-state index in [0.717, 1.165) is 17.0 Å². The Labute approximate surface area is 101 Å². The summed E-state index contributed by atoms with van der Waals surface area (Å²) in [7, 11) is 1.87. The first-order chi connectivity index (χ1) is 8.28. The molecule has 2 rings (SSSR count). The molecule has 2 aromatic rings. The van der Waals surface area contributed by atoms with Crippen molar-refractivity contribution in [2.75, 3.05) is 7.05 Å². The van der Waals surface area contributed by atoms with Crippen LogP contribution in [0, 0.1) is 6.92 Å². The summed E-state index contributed by atoms with van der Waals surface area (Å²) in [6.07, 6.45) is 3.33. The highest BCUT2D eigenvalue weighted by Gasteiger charge is 2.01. The van der Waals surface area contributed by atoms with Crippen molar-refractivity contribution in [3.8, 4) is 11.6 Å². The predicted molar refractivity (Wildman–Crippen MR) is 66.0 cm³/mol. The van der Waals surface area contributed by atoms with Gasteiger partial charge in [0, 0.05) is 12.7 Å². The van der Waals surface area contributed by atoms with Gasteiger partial charge < -0.3 is 10.1 Å². The van der Waals surface area contributed by atoms with Gasteiger partial charge in [-0.3, -0.25) is 4.98 Å². The Morgan fingerprint density at radius 3 is 2.94 bits per heavy atom. The number of hydrogen-bond donors (Lipinski definition) is 1. The predicted octanol–water partition coefficient (Wildman–Crippen LogP) is 2.30. The standard InChI is InChI=1S/C13H15N3O/c1-10-4-3-5-12(6-10)17-13-9-15-8-11(16-13)7-14-2/h3-6,8-9,14H,7H2,1-2H3. The molecule has 0 spiro atoms. The molecule has 4 nitrogen and oxygen atoms in total. The molecule has 17 heavy (non-hydrogen) atoms. The molecular weight excluding hydrogens is 214 g/mol. The molecule has 0 unspecified atom stereocenters. The first-order valence-electron chi connectivity index (χ1n) is 5.48. The van der Waals surface area contributed by atoms with Crippen molar-refractivity contribution in [2.24, 2.45) is 0 Å². The SMILES string of the molecule is CNCc1cncc(Oc2cccc(C)c2)n1. The van der Waals surface area contributed by atoms with E-state index in [1.165, 1.54) is 0 Å². The Balaban J connectivity index is 2.15. The smallest absolute Gasteiger partial charge is 0.238 e. The average Bonchev–Trinajstić information content (AvgIpc) is 2.30. The summed E-state index contributed by atoms with van der Waals surface area (Å²) in [5.41, 5.74) is 2.01. The van der Waals surface area contributed by atoms with Gasteiger partial charge in [0.15, 0.2) is 0 Å². The van der Waals surface area contributed by atoms with Crippen LogP contribution in [-0.4, -0.2) is 17.0 Å².